The Hall–Kier alpha value is -3.79. The van der Waals surface area contributed by atoms with Crippen LogP contribution in [0, 0.1) is 10.6 Å². The number of hydrogen-bond donors (Lipinski definition) is 1. The predicted molar refractivity (Wildman–Crippen MR) is 127 cm³/mol. The van der Waals surface area contributed by atoms with Gasteiger partial charge in [0.15, 0.2) is 17.7 Å². The standard InChI is InChI=1S/C24H22FN5O3S/c1-14-24(31)30(20-6-4-5-18(25)23(20)33-14)13-21-17-11-15(7-9-19(17)28-29(21)2)16-8-10-22(27-12-16)34(3,26)32/h4-12,14,26H,13H2,1-3H3/t14-,34?/m1/s1. The van der Waals surface area contributed by atoms with Crippen LogP contribution in [0.4, 0.5) is 10.1 Å². The van der Waals surface area contributed by atoms with Crippen molar-refractivity contribution >= 4 is 32.2 Å². The van der Waals surface area contributed by atoms with E-state index in [0.717, 1.165) is 27.7 Å². The maximum atomic E-state index is 14.4. The summed E-state index contributed by atoms with van der Waals surface area (Å²) in [6.07, 6.45) is 2.12. The molecule has 0 saturated heterocycles. The van der Waals surface area contributed by atoms with Gasteiger partial charge in [0.05, 0.1) is 33.2 Å². The minimum Gasteiger partial charge on any atom is -0.476 e. The van der Waals surface area contributed by atoms with Crippen LogP contribution in [0.15, 0.2) is 59.8 Å². The van der Waals surface area contributed by atoms with Gasteiger partial charge in [0.1, 0.15) is 5.03 Å². The van der Waals surface area contributed by atoms with Crippen molar-refractivity contribution in [2.75, 3.05) is 11.2 Å². The molecule has 34 heavy (non-hydrogen) atoms. The number of nitrogens with zero attached hydrogens (tertiary/aromatic N) is 4. The van der Waals surface area contributed by atoms with Crippen molar-refractivity contribution in [3.63, 3.8) is 0 Å². The second-order valence-corrected chi connectivity index (χ2v) is 10.4. The molecule has 4 aromatic rings. The number of carbonyl (C=O) groups excluding carboxylic acids is 1. The van der Waals surface area contributed by atoms with Crippen LogP contribution < -0.4 is 9.64 Å². The molecule has 174 valence electrons. The Bertz CT molecular complexity index is 1550. The molecule has 1 aliphatic rings. The highest BCUT2D eigenvalue weighted by Gasteiger charge is 2.34. The van der Waals surface area contributed by atoms with Crippen molar-refractivity contribution in [2.45, 2.75) is 24.6 Å². The summed E-state index contributed by atoms with van der Waals surface area (Å²) in [7, 11) is -1.09. The number of benzene rings is 2. The number of rotatable bonds is 4. The third-order valence-corrected chi connectivity index (χ3v) is 6.92. The average molecular weight is 480 g/mol. The van der Waals surface area contributed by atoms with Gasteiger partial charge in [0.25, 0.3) is 5.91 Å². The van der Waals surface area contributed by atoms with Gasteiger partial charge >= 0.3 is 0 Å². The number of aromatic nitrogens is 3. The lowest BCUT2D eigenvalue weighted by Gasteiger charge is -2.33. The first-order valence-electron chi connectivity index (χ1n) is 10.6. The van der Waals surface area contributed by atoms with Crippen molar-refractivity contribution in [1.29, 1.82) is 4.78 Å². The minimum atomic E-state index is -2.89. The maximum absolute atomic E-state index is 14.4. The lowest BCUT2D eigenvalue weighted by atomic mass is 10.0. The fourth-order valence-electron chi connectivity index (χ4n) is 4.10. The molecule has 0 spiro atoms. The van der Waals surface area contributed by atoms with Gasteiger partial charge in [-0.25, -0.2) is 18.4 Å². The number of carbonyl (C=O) groups is 1. The molecule has 0 radical (unpaired) electrons. The van der Waals surface area contributed by atoms with Crippen molar-refractivity contribution < 1.29 is 18.1 Å². The largest absolute Gasteiger partial charge is 0.476 e. The van der Waals surface area contributed by atoms with Gasteiger partial charge in [-0.1, -0.05) is 18.2 Å². The zero-order valence-electron chi connectivity index (χ0n) is 18.8. The topological polar surface area (TPSA) is 101 Å². The summed E-state index contributed by atoms with van der Waals surface area (Å²) in [5.41, 5.74) is 3.57. The van der Waals surface area contributed by atoms with Crippen LogP contribution in [0.2, 0.25) is 0 Å². The van der Waals surface area contributed by atoms with E-state index in [2.05, 4.69) is 10.1 Å². The molecule has 1 unspecified atom stereocenters. The number of amides is 1. The quantitative estimate of drug-likeness (QED) is 0.474. The van der Waals surface area contributed by atoms with Gasteiger partial charge in [-0.3, -0.25) is 14.4 Å². The lowest BCUT2D eigenvalue weighted by molar-refractivity contribution is -0.125. The van der Waals surface area contributed by atoms with Crippen LogP contribution in [0.3, 0.4) is 0 Å². The molecular weight excluding hydrogens is 457 g/mol. The summed E-state index contributed by atoms with van der Waals surface area (Å²) < 4.78 is 41.3. The Morgan fingerprint density at radius 3 is 2.65 bits per heavy atom. The third kappa shape index (κ3) is 3.69. The molecule has 8 nitrogen and oxygen atoms in total. The molecule has 5 rings (SSSR count). The SMILES string of the molecule is C[C@H]1Oc2c(F)cccc2N(Cc2c3cc(-c4ccc(S(C)(=N)=O)nc4)ccc3nn2C)C1=O. The Balaban J connectivity index is 1.57. The lowest BCUT2D eigenvalue weighted by Crippen LogP contribution is -2.44. The molecule has 10 heteroatoms. The van der Waals surface area contributed by atoms with E-state index in [0.29, 0.717) is 5.69 Å². The van der Waals surface area contributed by atoms with Gasteiger partial charge in [0, 0.05) is 30.4 Å². The smallest absolute Gasteiger partial charge is 0.268 e. The van der Waals surface area contributed by atoms with Crippen LogP contribution in [-0.4, -0.2) is 37.2 Å². The molecule has 0 aliphatic carbocycles. The summed E-state index contributed by atoms with van der Waals surface area (Å²) in [5, 5.41) is 5.64. The summed E-state index contributed by atoms with van der Waals surface area (Å²) in [6, 6.07) is 13.6. The van der Waals surface area contributed by atoms with E-state index in [-0.39, 0.29) is 23.2 Å². The van der Waals surface area contributed by atoms with Crippen LogP contribution in [-0.2, 0) is 28.1 Å². The second-order valence-electron chi connectivity index (χ2n) is 8.30. The molecule has 1 amide bonds. The number of fused-ring (bicyclic) bond motifs is 2. The molecule has 3 heterocycles. The second kappa shape index (κ2) is 7.91. The van der Waals surface area contributed by atoms with E-state index in [1.54, 1.807) is 49.1 Å². The molecule has 0 saturated carbocycles. The highest BCUT2D eigenvalue weighted by molar-refractivity contribution is 7.91. The first-order chi connectivity index (χ1) is 16.1. The van der Waals surface area contributed by atoms with E-state index in [9.17, 15) is 13.4 Å². The van der Waals surface area contributed by atoms with Crippen molar-refractivity contribution in [2.24, 2.45) is 7.05 Å². The number of nitrogens with one attached hydrogen (secondary N) is 1. The van der Waals surface area contributed by atoms with Crippen LogP contribution >= 0.6 is 0 Å². The van der Waals surface area contributed by atoms with E-state index in [1.807, 2.05) is 18.2 Å². The zero-order chi connectivity index (χ0) is 24.2. The van der Waals surface area contributed by atoms with E-state index < -0.39 is 21.7 Å². The molecule has 1 aliphatic heterocycles. The summed E-state index contributed by atoms with van der Waals surface area (Å²) >= 11 is 0. The predicted octanol–water partition coefficient (Wildman–Crippen LogP) is 4.12. The average Bonchev–Trinajstić information content (AvgIpc) is 3.11. The summed E-state index contributed by atoms with van der Waals surface area (Å²) in [6.45, 7) is 1.79. The van der Waals surface area contributed by atoms with Gasteiger partial charge in [0.2, 0.25) is 0 Å². The Morgan fingerprint density at radius 2 is 1.94 bits per heavy atom. The Labute approximate surface area is 196 Å². The maximum Gasteiger partial charge on any atom is 0.268 e. The third-order valence-electron chi connectivity index (χ3n) is 5.88. The Morgan fingerprint density at radius 1 is 1.18 bits per heavy atom. The van der Waals surface area contributed by atoms with Crippen molar-refractivity contribution in [1.82, 2.24) is 14.8 Å². The highest BCUT2D eigenvalue weighted by atomic mass is 32.2. The molecule has 2 aromatic carbocycles. The molecule has 2 aromatic heterocycles. The van der Waals surface area contributed by atoms with Gasteiger partial charge in [-0.2, -0.15) is 5.10 Å². The van der Waals surface area contributed by atoms with Gasteiger partial charge < -0.3 is 4.74 Å². The number of aryl methyl sites for hydroxylation is 1. The molecule has 1 N–H and O–H groups in total. The number of hydrogen-bond acceptors (Lipinski definition) is 6. The summed E-state index contributed by atoms with van der Waals surface area (Å²) in [5.74, 6) is -0.713. The first kappa shape index (κ1) is 22.0. The van der Waals surface area contributed by atoms with E-state index in [4.69, 9.17) is 9.52 Å². The van der Waals surface area contributed by atoms with Crippen molar-refractivity contribution in [3.8, 4) is 16.9 Å². The van der Waals surface area contributed by atoms with Crippen LogP contribution in [0.5, 0.6) is 5.75 Å². The van der Waals surface area contributed by atoms with Gasteiger partial charge in [-0.15, -0.1) is 0 Å². The molecule has 0 bridgehead atoms. The fraction of sp³-hybridized carbons (Fsp3) is 0.208. The molecule has 0 fully saturated rings. The van der Waals surface area contributed by atoms with E-state index >= 15 is 0 Å². The zero-order valence-corrected chi connectivity index (χ0v) is 19.6. The normalized spacial score (nSPS) is 17.4. The van der Waals surface area contributed by atoms with E-state index in [1.165, 1.54) is 17.2 Å². The van der Waals surface area contributed by atoms with Crippen LogP contribution in [0.25, 0.3) is 22.0 Å². The molecule has 2 atom stereocenters. The number of para-hydroxylation sites is 1. The molecular formula is C24H22FN5O3S. The number of pyridine rings is 1. The monoisotopic (exact) mass is 479 g/mol. The minimum absolute atomic E-state index is 0.0647. The number of ether oxygens (including phenoxy) is 1. The van der Waals surface area contributed by atoms with Gasteiger partial charge in [-0.05, 0) is 42.8 Å². The number of anilines is 1. The summed E-state index contributed by atoms with van der Waals surface area (Å²) in [4.78, 5) is 18.7. The fourth-order valence-corrected chi connectivity index (χ4v) is 4.69. The highest BCUT2D eigenvalue weighted by Crippen LogP contribution is 2.38. The van der Waals surface area contributed by atoms with Crippen LogP contribution in [0.1, 0.15) is 12.6 Å². The number of halogens is 1. The first-order valence-corrected chi connectivity index (χ1v) is 12.5. The Kier molecular flexibility index (Phi) is 5.12. The van der Waals surface area contributed by atoms with Crippen molar-refractivity contribution in [3.05, 3.63) is 66.2 Å².